The Morgan fingerprint density at radius 2 is 1.87 bits per heavy atom. The third kappa shape index (κ3) is 4.91. The first-order valence-corrected chi connectivity index (χ1v) is 10.9. The largest absolute Gasteiger partial charge is 0.333 e. The van der Waals surface area contributed by atoms with E-state index in [9.17, 15) is 18.0 Å². The van der Waals surface area contributed by atoms with Crippen LogP contribution in [0.15, 0.2) is 18.3 Å². The first-order chi connectivity index (χ1) is 14.7. The molecule has 0 radical (unpaired) electrons. The molecule has 3 heterocycles. The Morgan fingerprint density at radius 1 is 1.16 bits per heavy atom. The molecule has 0 N–H and O–H groups in total. The van der Waals surface area contributed by atoms with Crippen LogP contribution >= 0.6 is 0 Å². The SMILES string of the molecule is CC(C)C1CC(=O)N1Cc1cc(CC2CCC(F)(F)CC2)nc(-n2ccc(CF)n2)n1. The zero-order valence-corrected chi connectivity index (χ0v) is 17.9. The molecule has 2 aromatic rings. The Labute approximate surface area is 179 Å². The van der Waals surface area contributed by atoms with E-state index in [-0.39, 0.29) is 36.4 Å². The second kappa shape index (κ2) is 8.59. The molecule has 1 aliphatic carbocycles. The van der Waals surface area contributed by atoms with Crippen molar-refractivity contribution in [1.82, 2.24) is 24.6 Å². The third-order valence-electron chi connectivity index (χ3n) is 6.35. The topological polar surface area (TPSA) is 63.9 Å². The number of aromatic nitrogens is 4. The van der Waals surface area contributed by atoms with E-state index in [1.807, 2.05) is 11.0 Å². The lowest BCUT2D eigenvalue weighted by Gasteiger charge is -2.42. The van der Waals surface area contributed by atoms with Gasteiger partial charge in [0.2, 0.25) is 11.8 Å². The Hall–Kier alpha value is -2.45. The highest BCUT2D eigenvalue weighted by Gasteiger charge is 2.38. The molecule has 0 bridgehead atoms. The van der Waals surface area contributed by atoms with Gasteiger partial charge in [-0.1, -0.05) is 13.8 Å². The molecule has 31 heavy (non-hydrogen) atoms. The number of halogens is 3. The van der Waals surface area contributed by atoms with Crippen molar-refractivity contribution in [2.24, 2.45) is 11.8 Å². The van der Waals surface area contributed by atoms with Gasteiger partial charge in [0.15, 0.2) is 0 Å². The van der Waals surface area contributed by atoms with E-state index in [4.69, 9.17) is 0 Å². The van der Waals surface area contributed by atoms with Gasteiger partial charge in [0.05, 0.1) is 17.9 Å². The summed E-state index contributed by atoms with van der Waals surface area (Å²) in [6.07, 6.45) is 3.42. The van der Waals surface area contributed by atoms with Crippen LogP contribution in [0, 0.1) is 11.8 Å². The van der Waals surface area contributed by atoms with Gasteiger partial charge >= 0.3 is 0 Å². The number of hydrogen-bond acceptors (Lipinski definition) is 4. The summed E-state index contributed by atoms with van der Waals surface area (Å²) < 4.78 is 41.4. The Kier molecular flexibility index (Phi) is 6.03. The average Bonchev–Trinajstić information content (AvgIpc) is 3.21. The van der Waals surface area contributed by atoms with Crippen molar-refractivity contribution in [3.63, 3.8) is 0 Å². The van der Waals surface area contributed by atoms with Crippen LogP contribution in [0.2, 0.25) is 0 Å². The first kappa shape index (κ1) is 21.8. The minimum atomic E-state index is -2.57. The highest BCUT2D eigenvalue weighted by atomic mass is 19.3. The number of β-lactam (4-membered cyclic amide) rings is 1. The molecular weight excluding hydrogens is 407 g/mol. The van der Waals surface area contributed by atoms with Crippen molar-refractivity contribution < 1.29 is 18.0 Å². The molecule has 0 spiro atoms. The number of amides is 1. The van der Waals surface area contributed by atoms with Crippen LogP contribution in [0.1, 0.15) is 63.0 Å². The van der Waals surface area contributed by atoms with Crippen LogP contribution < -0.4 is 0 Å². The highest BCUT2D eigenvalue weighted by molar-refractivity contribution is 5.83. The molecule has 1 unspecified atom stereocenters. The molecule has 2 fully saturated rings. The van der Waals surface area contributed by atoms with E-state index in [0.29, 0.717) is 49.8 Å². The Balaban J connectivity index is 1.58. The maximum Gasteiger partial charge on any atom is 0.251 e. The van der Waals surface area contributed by atoms with E-state index >= 15 is 0 Å². The van der Waals surface area contributed by atoms with Gasteiger partial charge in [-0.25, -0.2) is 27.8 Å². The minimum Gasteiger partial charge on any atom is -0.333 e. The molecule has 1 amide bonds. The maximum atomic E-state index is 13.5. The second-order valence-corrected chi connectivity index (χ2v) is 9.08. The number of alkyl halides is 3. The molecule has 6 nitrogen and oxygen atoms in total. The molecule has 1 saturated carbocycles. The highest BCUT2D eigenvalue weighted by Crippen LogP contribution is 2.37. The minimum absolute atomic E-state index is 0.0914. The van der Waals surface area contributed by atoms with Gasteiger partial charge in [0.25, 0.3) is 5.95 Å². The summed E-state index contributed by atoms with van der Waals surface area (Å²) >= 11 is 0. The lowest BCUT2D eigenvalue weighted by atomic mass is 9.84. The number of carbonyl (C=O) groups is 1. The lowest BCUT2D eigenvalue weighted by Crippen LogP contribution is -2.54. The molecule has 2 aromatic heterocycles. The van der Waals surface area contributed by atoms with E-state index in [2.05, 4.69) is 28.9 Å². The summed E-state index contributed by atoms with van der Waals surface area (Å²) in [5.41, 5.74) is 1.70. The summed E-state index contributed by atoms with van der Waals surface area (Å²) in [5, 5.41) is 4.16. The molecule has 2 aliphatic rings. The molecule has 168 valence electrons. The number of nitrogens with zero attached hydrogens (tertiary/aromatic N) is 5. The summed E-state index contributed by atoms with van der Waals surface area (Å²) in [5.74, 6) is -1.69. The van der Waals surface area contributed by atoms with Crippen LogP contribution in [-0.2, 0) is 24.4 Å². The number of carbonyl (C=O) groups excluding carboxylic acids is 1. The first-order valence-electron chi connectivity index (χ1n) is 10.9. The molecule has 1 atom stereocenters. The lowest BCUT2D eigenvalue weighted by molar-refractivity contribution is -0.149. The van der Waals surface area contributed by atoms with E-state index in [1.54, 1.807) is 12.3 Å². The van der Waals surface area contributed by atoms with Crippen molar-refractivity contribution in [1.29, 1.82) is 0 Å². The van der Waals surface area contributed by atoms with Gasteiger partial charge in [-0.3, -0.25) is 4.79 Å². The van der Waals surface area contributed by atoms with Crippen molar-refractivity contribution in [2.75, 3.05) is 0 Å². The molecule has 1 saturated heterocycles. The summed E-state index contributed by atoms with van der Waals surface area (Å²) in [6.45, 7) is 3.85. The number of rotatable bonds is 7. The fourth-order valence-electron chi connectivity index (χ4n) is 4.43. The third-order valence-corrected chi connectivity index (χ3v) is 6.35. The van der Waals surface area contributed by atoms with Gasteiger partial charge in [-0.2, -0.15) is 5.10 Å². The zero-order valence-electron chi connectivity index (χ0n) is 17.9. The van der Waals surface area contributed by atoms with E-state index in [0.717, 1.165) is 5.69 Å². The fourth-order valence-corrected chi connectivity index (χ4v) is 4.43. The van der Waals surface area contributed by atoms with Crippen molar-refractivity contribution in [3.05, 3.63) is 35.4 Å². The molecule has 4 rings (SSSR count). The fraction of sp³-hybridized carbons (Fsp3) is 0.636. The zero-order chi connectivity index (χ0) is 22.2. The van der Waals surface area contributed by atoms with Crippen LogP contribution in [-0.4, -0.2) is 42.5 Å². The normalized spacial score (nSPS) is 21.5. The van der Waals surface area contributed by atoms with Crippen LogP contribution in [0.5, 0.6) is 0 Å². The van der Waals surface area contributed by atoms with Crippen LogP contribution in [0.3, 0.4) is 0 Å². The monoisotopic (exact) mass is 435 g/mol. The van der Waals surface area contributed by atoms with Gasteiger partial charge < -0.3 is 4.90 Å². The van der Waals surface area contributed by atoms with Crippen molar-refractivity contribution >= 4 is 5.91 Å². The predicted octanol–water partition coefficient (Wildman–Crippen LogP) is 4.26. The van der Waals surface area contributed by atoms with E-state index in [1.165, 1.54) is 4.68 Å². The van der Waals surface area contributed by atoms with Crippen molar-refractivity contribution in [3.8, 4) is 5.95 Å². The Bertz CT molecular complexity index is 935. The summed E-state index contributed by atoms with van der Waals surface area (Å²) in [4.78, 5) is 23.1. The molecule has 0 aromatic carbocycles. The van der Waals surface area contributed by atoms with Gasteiger partial charge in [0, 0.05) is 37.2 Å². The average molecular weight is 435 g/mol. The molecule has 1 aliphatic heterocycles. The predicted molar refractivity (Wildman–Crippen MR) is 108 cm³/mol. The molecular formula is C22H28F3N5O. The Morgan fingerprint density at radius 3 is 2.48 bits per heavy atom. The molecule has 9 heteroatoms. The maximum absolute atomic E-state index is 13.5. The van der Waals surface area contributed by atoms with Crippen molar-refractivity contribution in [2.45, 2.75) is 77.6 Å². The second-order valence-electron chi connectivity index (χ2n) is 9.08. The van der Waals surface area contributed by atoms with E-state index < -0.39 is 12.6 Å². The van der Waals surface area contributed by atoms with Crippen LogP contribution in [0.25, 0.3) is 5.95 Å². The summed E-state index contributed by atoms with van der Waals surface area (Å²) in [6, 6.07) is 3.60. The van der Waals surface area contributed by atoms with Gasteiger partial charge in [-0.15, -0.1) is 0 Å². The quantitative estimate of drug-likeness (QED) is 0.610. The van der Waals surface area contributed by atoms with Gasteiger partial charge in [0.1, 0.15) is 6.67 Å². The number of likely N-dealkylation sites (tertiary alicyclic amines) is 1. The van der Waals surface area contributed by atoms with Crippen LogP contribution in [0.4, 0.5) is 13.2 Å². The standard InChI is InChI=1S/C22H28F3N5O/c1-14(2)19-11-20(31)29(19)13-18-10-17(9-15-3-6-22(24,25)7-4-15)26-21(27-18)30-8-5-16(12-23)28-30/h5,8,10,14-15,19H,3-4,6-7,9,11-13H2,1-2H3. The van der Waals surface area contributed by atoms with Gasteiger partial charge in [-0.05, 0) is 43.2 Å². The smallest absolute Gasteiger partial charge is 0.251 e. The number of hydrogen-bond donors (Lipinski definition) is 0. The summed E-state index contributed by atoms with van der Waals surface area (Å²) in [7, 11) is 0.